The van der Waals surface area contributed by atoms with Gasteiger partial charge in [-0.25, -0.2) is 14.0 Å². The Morgan fingerprint density at radius 1 is 0.980 bits per heavy atom. The third-order valence-corrected chi connectivity index (χ3v) is 9.11. The van der Waals surface area contributed by atoms with Crippen molar-refractivity contribution in [3.8, 4) is 11.1 Å². The summed E-state index contributed by atoms with van der Waals surface area (Å²) >= 11 is 0. The summed E-state index contributed by atoms with van der Waals surface area (Å²) in [6.45, 7) is 4.16. The van der Waals surface area contributed by atoms with Crippen LogP contribution in [-0.4, -0.2) is 63.3 Å². The van der Waals surface area contributed by atoms with Gasteiger partial charge in [-0.2, -0.15) is 0 Å². The van der Waals surface area contributed by atoms with Crippen LogP contribution in [0.5, 0.6) is 0 Å². The highest BCUT2D eigenvalue weighted by atomic mass is 19.1. The molecular formula is C39H39FN4O5. The minimum atomic E-state index is -1.15. The summed E-state index contributed by atoms with van der Waals surface area (Å²) in [6, 6.07) is 22.9. The lowest BCUT2D eigenvalue weighted by Gasteiger charge is -2.29. The van der Waals surface area contributed by atoms with Gasteiger partial charge >= 0.3 is 12.1 Å². The van der Waals surface area contributed by atoms with Crippen molar-refractivity contribution in [1.29, 1.82) is 0 Å². The summed E-state index contributed by atoms with van der Waals surface area (Å²) in [5.41, 5.74) is 6.60. The highest BCUT2D eigenvalue weighted by Crippen LogP contribution is 2.44. The molecule has 0 bridgehead atoms. The van der Waals surface area contributed by atoms with Crippen molar-refractivity contribution in [3.63, 3.8) is 0 Å². The first kappa shape index (κ1) is 33.4. The lowest BCUT2D eigenvalue weighted by atomic mass is 9.98. The first-order chi connectivity index (χ1) is 23.6. The zero-order chi connectivity index (χ0) is 34.7. The summed E-state index contributed by atoms with van der Waals surface area (Å²) < 4.78 is 21.8. The van der Waals surface area contributed by atoms with Gasteiger partial charge in [0.1, 0.15) is 24.5 Å². The van der Waals surface area contributed by atoms with Crippen LogP contribution in [0.25, 0.3) is 22.0 Å². The molecule has 49 heavy (non-hydrogen) atoms. The fraction of sp³-hybridized carbons (Fsp3) is 0.282. The average molecular weight is 663 g/mol. The van der Waals surface area contributed by atoms with Crippen LogP contribution in [0.4, 0.5) is 9.18 Å². The van der Waals surface area contributed by atoms with Crippen molar-refractivity contribution >= 4 is 28.9 Å². The second kappa shape index (κ2) is 14.3. The topological polar surface area (TPSA) is 114 Å². The van der Waals surface area contributed by atoms with Crippen LogP contribution in [0.3, 0.4) is 0 Å². The Hall–Kier alpha value is -5.51. The van der Waals surface area contributed by atoms with E-state index in [9.17, 15) is 23.9 Å². The molecule has 0 spiro atoms. The largest absolute Gasteiger partial charge is 0.480 e. The molecule has 2 aromatic heterocycles. The third kappa shape index (κ3) is 7.18. The number of carbonyl (C=O) groups excluding carboxylic acids is 2. The van der Waals surface area contributed by atoms with Crippen LogP contribution in [0.2, 0.25) is 0 Å². The van der Waals surface area contributed by atoms with Gasteiger partial charge in [0.05, 0.1) is 6.20 Å². The molecule has 6 rings (SSSR count). The van der Waals surface area contributed by atoms with E-state index in [1.165, 1.54) is 18.0 Å². The van der Waals surface area contributed by atoms with E-state index in [-0.39, 0.29) is 31.3 Å². The molecule has 2 heterocycles. The van der Waals surface area contributed by atoms with Gasteiger partial charge in [-0.05, 0) is 57.9 Å². The molecule has 2 N–H and O–H groups in total. The molecule has 252 valence electrons. The van der Waals surface area contributed by atoms with Crippen LogP contribution >= 0.6 is 0 Å². The normalized spacial score (nSPS) is 13.5. The Balaban J connectivity index is 1.28. The maximum absolute atomic E-state index is 14.0. The molecule has 5 aromatic rings. The van der Waals surface area contributed by atoms with Crippen LogP contribution in [0.1, 0.15) is 48.4 Å². The molecular weight excluding hydrogens is 623 g/mol. The van der Waals surface area contributed by atoms with E-state index in [1.54, 1.807) is 6.20 Å². The number of fused-ring (bicyclic) bond motifs is 4. The van der Waals surface area contributed by atoms with Crippen molar-refractivity contribution < 1.29 is 28.6 Å². The minimum Gasteiger partial charge on any atom is -0.480 e. The number of hydrogen-bond acceptors (Lipinski definition) is 5. The molecule has 0 radical (unpaired) electrons. The summed E-state index contributed by atoms with van der Waals surface area (Å²) in [5, 5.41) is 13.4. The lowest BCUT2D eigenvalue weighted by Crippen LogP contribution is -2.53. The van der Waals surface area contributed by atoms with Gasteiger partial charge in [-0.1, -0.05) is 80.6 Å². The maximum Gasteiger partial charge on any atom is 0.410 e. The molecule has 2 amide bonds. The molecule has 0 unspecified atom stereocenters. The van der Waals surface area contributed by atoms with E-state index in [2.05, 4.69) is 22.4 Å². The lowest BCUT2D eigenvalue weighted by molar-refractivity contribution is -0.143. The SMILES string of the molecule is CC(C)C[C@H](NC(=O)[C@H](Cc1cn(Cc2cncc(F)c2)c2ccccc12)N(C)C(=O)OCC1c2ccccc2-c2ccccc21)C(=O)O. The second-order valence-corrected chi connectivity index (χ2v) is 13.0. The smallest absolute Gasteiger partial charge is 0.410 e. The van der Waals surface area contributed by atoms with Crippen LogP contribution in [0, 0.1) is 11.7 Å². The Bertz CT molecular complexity index is 1960. The van der Waals surface area contributed by atoms with Crippen molar-refractivity contribution in [2.45, 2.75) is 51.2 Å². The number of halogens is 1. The number of carbonyl (C=O) groups is 3. The monoisotopic (exact) mass is 662 g/mol. The summed E-state index contributed by atoms with van der Waals surface area (Å²) in [5.74, 6) is -2.35. The molecule has 0 aliphatic heterocycles. The van der Waals surface area contributed by atoms with Crippen molar-refractivity contribution in [3.05, 3.63) is 126 Å². The molecule has 1 aliphatic rings. The molecule has 0 fully saturated rings. The average Bonchev–Trinajstić information content (AvgIpc) is 3.60. The minimum absolute atomic E-state index is 0.00926. The number of ether oxygens (including phenoxy) is 1. The van der Waals surface area contributed by atoms with Gasteiger partial charge in [-0.15, -0.1) is 0 Å². The number of nitrogens with one attached hydrogen (secondary N) is 1. The van der Waals surface area contributed by atoms with Gasteiger partial charge in [0, 0.05) is 49.2 Å². The number of amides is 2. The maximum atomic E-state index is 14.0. The Labute approximate surface area is 284 Å². The van der Waals surface area contributed by atoms with Gasteiger partial charge in [-0.3, -0.25) is 14.7 Å². The molecule has 0 saturated carbocycles. The van der Waals surface area contributed by atoms with E-state index in [4.69, 9.17) is 4.74 Å². The van der Waals surface area contributed by atoms with E-state index < -0.39 is 35.9 Å². The van der Waals surface area contributed by atoms with E-state index in [0.717, 1.165) is 44.9 Å². The number of carboxylic acids is 1. The number of benzene rings is 3. The fourth-order valence-electron chi connectivity index (χ4n) is 6.75. The van der Waals surface area contributed by atoms with Crippen LogP contribution in [-0.2, 0) is 27.3 Å². The number of aromatic nitrogens is 2. The highest BCUT2D eigenvalue weighted by Gasteiger charge is 2.34. The predicted molar refractivity (Wildman–Crippen MR) is 185 cm³/mol. The number of hydrogen-bond donors (Lipinski definition) is 2. The third-order valence-electron chi connectivity index (χ3n) is 9.11. The molecule has 1 aliphatic carbocycles. The predicted octanol–water partition coefficient (Wildman–Crippen LogP) is 6.63. The van der Waals surface area contributed by atoms with Crippen molar-refractivity contribution in [1.82, 2.24) is 19.8 Å². The first-order valence-electron chi connectivity index (χ1n) is 16.4. The molecule has 0 saturated heterocycles. The second-order valence-electron chi connectivity index (χ2n) is 13.0. The van der Waals surface area contributed by atoms with Gasteiger partial charge < -0.3 is 19.7 Å². The molecule has 3 aromatic carbocycles. The van der Waals surface area contributed by atoms with Gasteiger partial charge in [0.25, 0.3) is 0 Å². The van der Waals surface area contributed by atoms with Gasteiger partial charge in [0.2, 0.25) is 5.91 Å². The standard InChI is InChI=1S/C39H39FN4O5/c1-24(2)16-34(38(46)47)42-37(45)36(18-26-22-44(35-15-9-8-10-28(26)35)21-25-17-27(40)20-41-19-25)43(3)39(48)49-23-33-31-13-6-4-11-29(31)30-12-5-7-14-32(30)33/h4-15,17,19-20,22,24,33-34,36H,16,18,21,23H2,1-3H3,(H,42,45)(H,46,47)/t34-,36-/m0/s1. The number of aliphatic carboxylic acids is 1. The molecule has 2 atom stereocenters. The van der Waals surface area contributed by atoms with Crippen molar-refractivity contribution in [2.75, 3.05) is 13.7 Å². The molecule has 9 nitrogen and oxygen atoms in total. The quantitative estimate of drug-likeness (QED) is 0.155. The number of para-hydroxylation sites is 1. The Kier molecular flexibility index (Phi) is 9.75. The van der Waals surface area contributed by atoms with E-state index >= 15 is 0 Å². The first-order valence-corrected chi connectivity index (χ1v) is 16.4. The Morgan fingerprint density at radius 3 is 2.29 bits per heavy atom. The number of carboxylic acid groups (broad SMARTS) is 1. The van der Waals surface area contributed by atoms with E-state index in [1.807, 2.05) is 85.3 Å². The summed E-state index contributed by atoms with van der Waals surface area (Å²) in [7, 11) is 1.50. The number of rotatable bonds is 12. The molecule has 10 heteroatoms. The van der Waals surface area contributed by atoms with Crippen LogP contribution < -0.4 is 5.32 Å². The highest BCUT2D eigenvalue weighted by molar-refractivity contribution is 5.91. The number of pyridine rings is 1. The fourth-order valence-corrected chi connectivity index (χ4v) is 6.75. The number of likely N-dealkylation sites (N-methyl/N-ethyl adjacent to an activating group) is 1. The van der Waals surface area contributed by atoms with E-state index in [0.29, 0.717) is 12.1 Å². The number of nitrogens with zero attached hydrogens (tertiary/aromatic N) is 3. The van der Waals surface area contributed by atoms with Crippen LogP contribution in [0.15, 0.2) is 97.5 Å². The Morgan fingerprint density at radius 2 is 1.63 bits per heavy atom. The van der Waals surface area contributed by atoms with Gasteiger partial charge in [0.15, 0.2) is 0 Å². The zero-order valence-corrected chi connectivity index (χ0v) is 27.7. The summed E-state index contributed by atoms with van der Waals surface area (Å²) in [4.78, 5) is 45.1. The zero-order valence-electron chi connectivity index (χ0n) is 27.7. The van der Waals surface area contributed by atoms with Crippen molar-refractivity contribution in [2.24, 2.45) is 5.92 Å². The summed E-state index contributed by atoms with van der Waals surface area (Å²) in [6.07, 6.45) is 4.23.